The Morgan fingerprint density at radius 1 is 1.44 bits per heavy atom. The summed E-state index contributed by atoms with van der Waals surface area (Å²) < 4.78 is 24.3. The molecule has 0 aliphatic heterocycles. The number of rotatable bonds is 5. The average molecular weight is 239 g/mol. The Kier molecular flexibility index (Phi) is 4.24. The lowest BCUT2D eigenvalue weighted by molar-refractivity contribution is 0.522. The number of allylic oxidation sites excluding steroid dienone is 1. The highest BCUT2D eigenvalue weighted by atomic mass is 32.2. The van der Waals surface area contributed by atoms with Gasteiger partial charge in [-0.3, -0.25) is 0 Å². The second kappa shape index (κ2) is 5.25. The van der Waals surface area contributed by atoms with E-state index in [2.05, 4.69) is 11.6 Å². The molecule has 0 radical (unpaired) electrons. The zero-order valence-electron chi connectivity index (χ0n) is 9.63. The Hall–Kier alpha value is -1.16. The quantitative estimate of drug-likeness (QED) is 0.741. The molecule has 0 amide bonds. The summed E-state index contributed by atoms with van der Waals surface area (Å²) in [6.07, 6.45) is 3.93. The summed E-state index contributed by atoms with van der Waals surface area (Å²) in [7, 11) is -3.32. The molecule has 2 atom stereocenters. The van der Waals surface area contributed by atoms with Gasteiger partial charge in [0.25, 0.3) is 0 Å². The molecule has 16 heavy (non-hydrogen) atoms. The summed E-state index contributed by atoms with van der Waals surface area (Å²) in [5.74, 6) is 0.0458. The van der Waals surface area contributed by atoms with E-state index in [0.717, 1.165) is 0 Å². The van der Waals surface area contributed by atoms with Crippen molar-refractivity contribution in [3.8, 4) is 0 Å². The van der Waals surface area contributed by atoms with E-state index in [0.29, 0.717) is 6.42 Å². The Bertz CT molecular complexity index is 439. The predicted molar refractivity (Wildman–Crippen MR) is 64.9 cm³/mol. The van der Waals surface area contributed by atoms with E-state index >= 15 is 0 Å². The summed E-state index contributed by atoms with van der Waals surface area (Å²) in [6.45, 7) is 7.26. The van der Waals surface area contributed by atoms with E-state index in [4.69, 9.17) is 0 Å². The summed E-state index contributed by atoms with van der Waals surface area (Å²) in [5.41, 5.74) is 0. The van der Waals surface area contributed by atoms with Crippen molar-refractivity contribution in [3.63, 3.8) is 0 Å². The summed E-state index contributed by atoms with van der Waals surface area (Å²) in [6, 6.07) is 4.92. The van der Waals surface area contributed by atoms with Gasteiger partial charge in [-0.05, 0) is 31.4 Å². The molecule has 0 saturated carbocycles. The molecular formula is C12H17NO2S. The minimum Gasteiger partial charge on any atom is -0.245 e. The number of sulfone groups is 1. The molecule has 0 saturated heterocycles. The molecule has 1 rings (SSSR count). The van der Waals surface area contributed by atoms with Crippen LogP contribution in [0.5, 0.6) is 0 Å². The number of pyridine rings is 1. The Morgan fingerprint density at radius 3 is 2.62 bits per heavy atom. The van der Waals surface area contributed by atoms with Gasteiger partial charge in [-0.25, -0.2) is 13.4 Å². The zero-order valence-corrected chi connectivity index (χ0v) is 10.4. The van der Waals surface area contributed by atoms with Gasteiger partial charge in [0.1, 0.15) is 0 Å². The van der Waals surface area contributed by atoms with Crippen molar-refractivity contribution in [1.29, 1.82) is 0 Å². The maximum Gasteiger partial charge on any atom is 0.198 e. The van der Waals surface area contributed by atoms with Crippen molar-refractivity contribution < 1.29 is 8.42 Å². The number of aromatic nitrogens is 1. The number of hydrogen-bond donors (Lipinski definition) is 0. The normalized spacial score (nSPS) is 15.4. The highest BCUT2D eigenvalue weighted by molar-refractivity contribution is 7.92. The van der Waals surface area contributed by atoms with E-state index in [9.17, 15) is 8.42 Å². The highest BCUT2D eigenvalue weighted by Gasteiger charge is 2.28. The molecule has 0 aliphatic rings. The van der Waals surface area contributed by atoms with Crippen LogP contribution in [0.15, 0.2) is 42.1 Å². The Morgan fingerprint density at radius 2 is 2.12 bits per heavy atom. The minimum absolute atomic E-state index is 0.0458. The first-order chi connectivity index (χ1) is 7.50. The van der Waals surface area contributed by atoms with Crippen LogP contribution in [0.2, 0.25) is 0 Å². The van der Waals surface area contributed by atoms with Crippen LogP contribution in [0.25, 0.3) is 0 Å². The summed E-state index contributed by atoms with van der Waals surface area (Å²) in [5, 5.41) is -0.293. The Labute approximate surface area is 97.1 Å². The monoisotopic (exact) mass is 239 g/mol. The van der Waals surface area contributed by atoms with Crippen molar-refractivity contribution >= 4 is 9.84 Å². The number of nitrogens with zero attached hydrogens (tertiary/aromatic N) is 1. The molecule has 0 N–H and O–H groups in total. The van der Waals surface area contributed by atoms with Crippen LogP contribution in [-0.2, 0) is 9.84 Å². The summed E-state index contributed by atoms with van der Waals surface area (Å²) in [4.78, 5) is 3.90. The molecular weight excluding hydrogens is 222 g/mol. The van der Waals surface area contributed by atoms with Gasteiger partial charge < -0.3 is 0 Å². The lowest BCUT2D eigenvalue weighted by Crippen LogP contribution is -2.25. The fourth-order valence-electron chi connectivity index (χ4n) is 1.47. The van der Waals surface area contributed by atoms with Gasteiger partial charge in [0, 0.05) is 6.20 Å². The van der Waals surface area contributed by atoms with Crippen molar-refractivity contribution in [1.82, 2.24) is 4.98 Å². The molecule has 0 spiro atoms. The summed E-state index contributed by atoms with van der Waals surface area (Å²) >= 11 is 0. The first kappa shape index (κ1) is 12.9. The molecule has 4 heteroatoms. The average Bonchev–Trinajstić information content (AvgIpc) is 2.29. The molecule has 0 aromatic carbocycles. The van der Waals surface area contributed by atoms with Gasteiger partial charge >= 0.3 is 0 Å². The van der Waals surface area contributed by atoms with Crippen molar-refractivity contribution in [2.24, 2.45) is 5.92 Å². The van der Waals surface area contributed by atoms with Gasteiger partial charge in [0.05, 0.1) is 5.25 Å². The van der Waals surface area contributed by atoms with E-state index in [1.54, 1.807) is 25.1 Å². The molecule has 1 heterocycles. The first-order valence-electron chi connectivity index (χ1n) is 5.26. The van der Waals surface area contributed by atoms with Crippen LogP contribution in [0.4, 0.5) is 0 Å². The molecule has 0 unspecified atom stereocenters. The van der Waals surface area contributed by atoms with Gasteiger partial charge in [-0.2, -0.15) is 0 Å². The van der Waals surface area contributed by atoms with Crippen LogP contribution in [0.3, 0.4) is 0 Å². The third kappa shape index (κ3) is 2.70. The maximum absolute atomic E-state index is 12.2. The predicted octanol–water partition coefficient (Wildman–Crippen LogP) is 2.46. The van der Waals surface area contributed by atoms with Gasteiger partial charge in [-0.1, -0.05) is 19.1 Å². The van der Waals surface area contributed by atoms with Crippen LogP contribution in [-0.4, -0.2) is 18.7 Å². The number of hydrogen-bond acceptors (Lipinski definition) is 3. The maximum atomic E-state index is 12.2. The van der Waals surface area contributed by atoms with Crippen molar-refractivity contribution in [2.45, 2.75) is 30.5 Å². The van der Waals surface area contributed by atoms with E-state index in [1.807, 2.05) is 6.92 Å². The third-order valence-corrected chi connectivity index (χ3v) is 5.03. The standard InChI is InChI=1S/C12H17NO2S/c1-4-7-10(2)11(3)16(14,15)12-8-5-6-9-13-12/h4-6,8-11H,1,7H2,2-3H3/t10-,11+/m0/s1. The molecule has 0 bridgehead atoms. The largest absolute Gasteiger partial charge is 0.245 e. The van der Waals surface area contributed by atoms with E-state index < -0.39 is 15.1 Å². The van der Waals surface area contributed by atoms with Gasteiger partial charge in [-0.15, -0.1) is 6.58 Å². The van der Waals surface area contributed by atoms with Crippen molar-refractivity contribution in [3.05, 3.63) is 37.1 Å². The van der Waals surface area contributed by atoms with Crippen LogP contribution >= 0.6 is 0 Å². The zero-order chi connectivity index (χ0) is 12.2. The molecule has 0 aliphatic carbocycles. The fourth-order valence-corrected chi connectivity index (χ4v) is 3.05. The van der Waals surface area contributed by atoms with Crippen LogP contribution in [0, 0.1) is 5.92 Å². The third-order valence-electron chi connectivity index (χ3n) is 2.76. The van der Waals surface area contributed by atoms with E-state index in [1.165, 1.54) is 12.3 Å². The molecule has 1 aromatic heterocycles. The SMILES string of the molecule is C=CC[C@H](C)[C@@H](C)S(=O)(=O)c1ccccn1. The van der Waals surface area contributed by atoms with Crippen molar-refractivity contribution in [2.75, 3.05) is 0 Å². The lowest BCUT2D eigenvalue weighted by atomic mass is 10.1. The second-order valence-electron chi connectivity index (χ2n) is 3.92. The topological polar surface area (TPSA) is 47.0 Å². The lowest BCUT2D eigenvalue weighted by Gasteiger charge is -2.18. The molecule has 1 aromatic rings. The van der Waals surface area contributed by atoms with E-state index in [-0.39, 0.29) is 10.9 Å². The first-order valence-corrected chi connectivity index (χ1v) is 6.80. The van der Waals surface area contributed by atoms with Crippen LogP contribution < -0.4 is 0 Å². The fraction of sp³-hybridized carbons (Fsp3) is 0.417. The minimum atomic E-state index is -3.32. The second-order valence-corrected chi connectivity index (χ2v) is 6.17. The van der Waals surface area contributed by atoms with Gasteiger partial charge in [0.2, 0.25) is 0 Å². The smallest absolute Gasteiger partial charge is 0.198 e. The molecule has 3 nitrogen and oxygen atoms in total. The van der Waals surface area contributed by atoms with Crippen LogP contribution in [0.1, 0.15) is 20.3 Å². The van der Waals surface area contributed by atoms with Gasteiger partial charge in [0.15, 0.2) is 14.9 Å². The molecule has 88 valence electrons. The Balaban J connectivity index is 2.99. The highest BCUT2D eigenvalue weighted by Crippen LogP contribution is 2.21. The molecule has 0 fully saturated rings.